The van der Waals surface area contributed by atoms with Crippen LogP contribution in [0, 0.1) is 6.92 Å². The Bertz CT molecular complexity index is 694. The van der Waals surface area contributed by atoms with Crippen LogP contribution in [0.5, 0.6) is 0 Å². The van der Waals surface area contributed by atoms with E-state index >= 15 is 0 Å². The predicted octanol–water partition coefficient (Wildman–Crippen LogP) is 2.72. The van der Waals surface area contributed by atoms with Crippen LogP contribution in [0.4, 0.5) is 5.69 Å². The Balaban J connectivity index is 2.37. The van der Waals surface area contributed by atoms with Crippen LogP contribution in [0.15, 0.2) is 35.1 Å². The van der Waals surface area contributed by atoms with Crippen molar-refractivity contribution in [1.82, 2.24) is 9.72 Å². The molecule has 0 aliphatic rings. The molecule has 0 saturated heterocycles. The fourth-order valence-corrected chi connectivity index (χ4v) is 2.14. The van der Waals surface area contributed by atoms with Crippen LogP contribution < -0.4 is 5.73 Å². The zero-order chi connectivity index (χ0) is 12.0. The SMILES string of the molecule is Cc1ccc2c(c1)c(-c1oncc1N)cn2C. The number of nitrogens with zero attached hydrogens (tertiary/aromatic N) is 2. The Kier molecular flexibility index (Phi) is 1.98. The Labute approximate surface area is 98.6 Å². The summed E-state index contributed by atoms with van der Waals surface area (Å²) in [5, 5.41) is 4.86. The number of hydrogen-bond acceptors (Lipinski definition) is 3. The lowest BCUT2D eigenvalue weighted by Crippen LogP contribution is -1.84. The maximum Gasteiger partial charge on any atom is 0.191 e. The monoisotopic (exact) mass is 227 g/mol. The number of rotatable bonds is 1. The second kappa shape index (κ2) is 3.38. The van der Waals surface area contributed by atoms with Crippen molar-refractivity contribution >= 4 is 16.6 Å². The highest BCUT2D eigenvalue weighted by atomic mass is 16.5. The van der Waals surface area contributed by atoms with Crippen molar-refractivity contribution in [3.05, 3.63) is 36.2 Å². The first-order valence-corrected chi connectivity index (χ1v) is 5.43. The molecular formula is C13H13N3O. The van der Waals surface area contributed by atoms with Gasteiger partial charge in [0.2, 0.25) is 0 Å². The van der Waals surface area contributed by atoms with E-state index < -0.39 is 0 Å². The second-order valence-corrected chi connectivity index (χ2v) is 4.28. The van der Waals surface area contributed by atoms with Gasteiger partial charge in [0.05, 0.1) is 6.20 Å². The minimum atomic E-state index is 0.569. The van der Waals surface area contributed by atoms with E-state index in [4.69, 9.17) is 10.3 Å². The second-order valence-electron chi connectivity index (χ2n) is 4.28. The van der Waals surface area contributed by atoms with Gasteiger partial charge < -0.3 is 14.8 Å². The molecule has 1 aromatic carbocycles. The number of aromatic nitrogens is 2. The van der Waals surface area contributed by atoms with Gasteiger partial charge in [0.1, 0.15) is 5.69 Å². The number of nitrogen functional groups attached to an aromatic ring is 1. The molecule has 4 heteroatoms. The van der Waals surface area contributed by atoms with Crippen molar-refractivity contribution in [3.8, 4) is 11.3 Å². The van der Waals surface area contributed by atoms with Crippen molar-refractivity contribution in [2.45, 2.75) is 6.92 Å². The van der Waals surface area contributed by atoms with E-state index in [0.29, 0.717) is 11.4 Å². The molecule has 2 aromatic heterocycles. The zero-order valence-electron chi connectivity index (χ0n) is 9.77. The van der Waals surface area contributed by atoms with E-state index in [9.17, 15) is 0 Å². The summed E-state index contributed by atoms with van der Waals surface area (Å²) >= 11 is 0. The van der Waals surface area contributed by atoms with Gasteiger partial charge in [0.15, 0.2) is 5.76 Å². The number of aryl methyl sites for hydroxylation is 2. The van der Waals surface area contributed by atoms with Gasteiger partial charge in [0, 0.05) is 29.7 Å². The Morgan fingerprint density at radius 2 is 2.18 bits per heavy atom. The molecule has 0 amide bonds. The highest BCUT2D eigenvalue weighted by molar-refractivity contribution is 5.97. The first-order valence-electron chi connectivity index (χ1n) is 5.43. The molecule has 0 aliphatic heterocycles. The lowest BCUT2D eigenvalue weighted by atomic mass is 10.1. The minimum absolute atomic E-state index is 0.569. The van der Waals surface area contributed by atoms with Gasteiger partial charge in [0.25, 0.3) is 0 Å². The highest BCUT2D eigenvalue weighted by Gasteiger charge is 2.14. The van der Waals surface area contributed by atoms with Crippen LogP contribution >= 0.6 is 0 Å². The minimum Gasteiger partial charge on any atom is -0.394 e. The zero-order valence-corrected chi connectivity index (χ0v) is 9.77. The standard InChI is InChI=1S/C13H13N3O/c1-8-3-4-12-9(5-8)10(7-16(12)2)13-11(14)6-15-17-13/h3-7H,14H2,1-2H3. The van der Waals surface area contributed by atoms with Crippen molar-refractivity contribution in [1.29, 1.82) is 0 Å². The first kappa shape index (κ1) is 9.96. The number of hydrogen-bond donors (Lipinski definition) is 1. The molecular weight excluding hydrogens is 214 g/mol. The molecule has 0 radical (unpaired) electrons. The molecule has 3 rings (SSSR count). The third-order valence-corrected chi connectivity index (χ3v) is 2.99. The smallest absolute Gasteiger partial charge is 0.191 e. The lowest BCUT2D eigenvalue weighted by Gasteiger charge is -1.97. The van der Waals surface area contributed by atoms with Crippen LogP contribution in [0.2, 0.25) is 0 Å². The molecule has 3 aromatic rings. The van der Waals surface area contributed by atoms with Gasteiger partial charge in [-0.1, -0.05) is 16.8 Å². The molecule has 0 bridgehead atoms. The van der Waals surface area contributed by atoms with E-state index in [1.54, 1.807) is 0 Å². The molecule has 0 spiro atoms. The van der Waals surface area contributed by atoms with Gasteiger partial charge in [-0.2, -0.15) is 0 Å². The number of anilines is 1. The first-order chi connectivity index (χ1) is 8.16. The maximum atomic E-state index is 5.85. The number of nitrogens with two attached hydrogens (primary N) is 1. The highest BCUT2D eigenvalue weighted by Crippen LogP contribution is 2.33. The summed E-state index contributed by atoms with van der Waals surface area (Å²) in [6.45, 7) is 2.07. The summed E-state index contributed by atoms with van der Waals surface area (Å²) in [5.74, 6) is 0.640. The molecule has 2 heterocycles. The van der Waals surface area contributed by atoms with E-state index in [1.807, 2.05) is 13.2 Å². The Morgan fingerprint density at radius 3 is 2.88 bits per heavy atom. The molecule has 0 aliphatic carbocycles. The van der Waals surface area contributed by atoms with Crippen LogP contribution in [0.25, 0.3) is 22.2 Å². The molecule has 0 fully saturated rings. The van der Waals surface area contributed by atoms with E-state index in [-0.39, 0.29) is 0 Å². The van der Waals surface area contributed by atoms with Gasteiger partial charge in [-0.05, 0) is 19.1 Å². The van der Waals surface area contributed by atoms with Crippen molar-refractivity contribution in [2.75, 3.05) is 5.73 Å². The lowest BCUT2D eigenvalue weighted by molar-refractivity contribution is 0.433. The van der Waals surface area contributed by atoms with Gasteiger partial charge in [-0.15, -0.1) is 0 Å². The largest absolute Gasteiger partial charge is 0.394 e. The fraction of sp³-hybridized carbons (Fsp3) is 0.154. The summed E-state index contributed by atoms with van der Waals surface area (Å²) in [7, 11) is 2.01. The summed E-state index contributed by atoms with van der Waals surface area (Å²) in [6.07, 6.45) is 3.55. The number of benzene rings is 1. The van der Waals surface area contributed by atoms with E-state index in [1.165, 1.54) is 11.8 Å². The molecule has 2 N–H and O–H groups in total. The average molecular weight is 227 g/mol. The molecule has 0 unspecified atom stereocenters. The van der Waals surface area contributed by atoms with Crippen LogP contribution in [0.3, 0.4) is 0 Å². The van der Waals surface area contributed by atoms with Gasteiger partial charge in [-0.25, -0.2) is 0 Å². The van der Waals surface area contributed by atoms with Crippen molar-refractivity contribution < 1.29 is 4.52 Å². The topological polar surface area (TPSA) is 57.0 Å². The average Bonchev–Trinajstić information content (AvgIpc) is 2.83. The maximum absolute atomic E-state index is 5.85. The van der Waals surface area contributed by atoms with Crippen molar-refractivity contribution in [3.63, 3.8) is 0 Å². The summed E-state index contributed by atoms with van der Waals surface area (Å²) < 4.78 is 7.28. The quantitative estimate of drug-likeness (QED) is 0.695. The van der Waals surface area contributed by atoms with E-state index in [2.05, 4.69) is 34.8 Å². The summed E-state index contributed by atoms with van der Waals surface area (Å²) in [5.41, 5.74) is 9.77. The number of fused-ring (bicyclic) bond motifs is 1. The summed E-state index contributed by atoms with van der Waals surface area (Å²) in [6, 6.07) is 6.32. The van der Waals surface area contributed by atoms with Gasteiger partial charge >= 0.3 is 0 Å². The molecule has 0 atom stereocenters. The third-order valence-electron chi connectivity index (χ3n) is 2.99. The molecule has 86 valence electrons. The predicted molar refractivity (Wildman–Crippen MR) is 67.6 cm³/mol. The van der Waals surface area contributed by atoms with Crippen LogP contribution in [-0.4, -0.2) is 9.72 Å². The van der Waals surface area contributed by atoms with Gasteiger partial charge in [-0.3, -0.25) is 0 Å². The van der Waals surface area contributed by atoms with Crippen LogP contribution in [0.1, 0.15) is 5.56 Å². The Morgan fingerprint density at radius 1 is 1.35 bits per heavy atom. The Hall–Kier alpha value is -2.23. The fourth-order valence-electron chi connectivity index (χ4n) is 2.14. The molecule has 4 nitrogen and oxygen atoms in total. The molecule has 17 heavy (non-hydrogen) atoms. The normalized spacial score (nSPS) is 11.2. The van der Waals surface area contributed by atoms with Crippen LogP contribution in [-0.2, 0) is 7.05 Å². The van der Waals surface area contributed by atoms with E-state index in [0.717, 1.165) is 16.5 Å². The van der Waals surface area contributed by atoms with Crippen molar-refractivity contribution in [2.24, 2.45) is 7.05 Å². The summed E-state index contributed by atoms with van der Waals surface area (Å²) in [4.78, 5) is 0. The molecule has 0 saturated carbocycles. The third kappa shape index (κ3) is 1.41.